The van der Waals surface area contributed by atoms with E-state index in [9.17, 15) is 18.0 Å². The Labute approximate surface area is 202 Å². The molecule has 7 nitrogen and oxygen atoms in total. The number of pyridine rings is 1. The number of hydrogen-bond acceptors (Lipinski definition) is 5. The number of ether oxygens (including phenoxy) is 1. The van der Waals surface area contributed by atoms with Crippen molar-refractivity contribution in [3.63, 3.8) is 0 Å². The molecule has 0 atom stereocenters. The average Bonchev–Trinajstić information content (AvgIpc) is 3.28. The fourth-order valence-corrected chi connectivity index (χ4v) is 4.17. The van der Waals surface area contributed by atoms with E-state index in [0.29, 0.717) is 37.5 Å². The van der Waals surface area contributed by atoms with Gasteiger partial charge in [-0.15, -0.1) is 0 Å². The summed E-state index contributed by atoms with van der Waals surface area (Å²) in [6.45, 7) is 2.30. The number of amides is 1. The third kappa shape index (κ3) is 4.80. The van der Waals surface area contributed by atoms with Gasteiger partial charge in [0, 0.05) is 35.6 Å². The molecule has 5 rings (SSSR count). The molecule has 0 unspecified atom stereocenters. The number of imidazole rings is 1. The number of rotatable bonds is 4. The second kappa shape index (κ2) is 9.20. The minimum atomic E-state index is -4.64. The molecule has 2 aromatic heterocycles. The first kappa shape index (κ1) is 23.1. The van der Waals surface area contributed by atoms with E-state index in [0.717, 1.165) is 11.8 Å². The zero-order valence-corrected chi connectivity index (χ0v) is 19.0. The third-order valence-corrected chi connectivity index (χ3v) is 5.89. The van der Waals surface area contributed by atoms with Crippen LogP contribution in [0.3, 0.4) is 0 Å². The van der Waals surface area contributed by atoms with Crippen LogP contribution in [-0.4, -0.2) is 47.2 Å². The number of halogens is 4. The van der Waals surface area contributed by atoms with Gasteiger partial charge in [0.25, 0.3) is 5.91 Å². The van der Waals surface area contributed by atoms with Crippen molar-refractivity contribution < 1.29 is 22.7 Å². The molecule has 0 radical (unpaired) electrons. The molecule has 1 aliphatic rings. The van der Waals surface area contributed by atoms with Crippen molar-refractivity contribution in [1.29, 1.82) is 0 Å². The van der Waals surface area contributed by atoms with E-state index in [-0.39, 0.29) is 27.5 Å². The van der Waals surface area contributed by atoms with Crippen LogP contribution in [-0.2, 0) is 10.9 Å². The molecule has 1 saturated heterocycles. The summed E-state index contributed by atoms with van der Waals surface area (Å²) in [7, 11) is 0. The van der Waals surface area contributed by atoms with Gasteiger partial charge in [-0.3, -0.25) is 9.78 Å². The minimum absolute atomic E-state index is 0.0152. The van der Waals surface area contributed by atoms with Crippen LogP contribution in [0, 0.1) is 0 Å². The van der Waals surface area contributed by atoms with E-state index in [2.05, 4.69) is 20.3 Å². The predicted octanol–water partition coefficient (Wildman–Crippen LogP) is 5.39. The number of carbonyl (C=O) groups excluding carboxylic acids is 1. The largest absolute Gasteiger partial charge is 0.417 e. The monoisotopic (exact) mass is 501 g/mol. The normalized spacial score (nSPS) is 14.3. The highest BCUT2D eigenvalue weighted by atomic mass is 35.5. The van der Waals surface area contributed by atoms with Gasteiger partial charge >= 0.3 is 6.18 Å². The Morgan fingerprint density at radius 3 is 2.66 bits per heavy atom. The maximum atomic E-state index is 13.7. The molecule has 1 aliphatic heterocycles. The summed E-state index contributed by atoms with van der Waals surface area (Å²) in [6, 6.07) is 10.3. The summed E-state index contributed by atoms with van der Waals surface area (Å²) in [5, 5.41) is 2.74. The first-order chi connectivity index (χ1) is 16.8. The summed E-state index contributed by atoms with van der Waals surface area (Å²) in [5.74, 6) is -0.471. The van der Waals surface area contributed by atoms with Crippen molar-refractivity contribution >= 4 is 39.9 Å². The van der Waals surface area contributed by atoms with Crippen molar-refractivity contribution in [3.05, 3.63) is 71.0 Å². The molecule has 4 aromatic rings. The van der Waals surface area contributed by atoms with E-state index in [1.807, 2.05) is 4.90 Å². The van der Waals surface area contributed by atoms with Crippen LogP contribution in [0.15, 0.2) is 54.9 Å². The van der Waals surface area contributed by atoms with E-state index >= 15 is 0 Å². The number of H-pyrrole nitrogens is 1. The Morgan fingerprint density at radius 1 is 1.14 bits per heavy atom. The SMILES string of the molecule is O=C(Nc1cccnc1)c1cc(N2CCOCC2)cc2[nH]c(-c3ccc(Cl)cc3C(F)(F)F)nc12. The van der Waals surface area contributed by atoms with Crippen LogP contribution >= 0.6 is 11.6 Å². The molecule has 1 amide bonds. The lowest BCUT2D eigenvalue weighted by atomic mass is 10.1. The smallest absolute Gasteiger partial charge is 0.378 e. The van der Waals surface area contributed by atoms with Crippen LogP contribution in [0.5, 0.6) is 0 Å². The van der Waals surface area contributed by atoms with Gasteiger partial charge in [0.15, 0.2) is 0 Å². The van der Waals surface area contributed by atoms with E-state index in [4.69, 9.17) is 16.3 Å². The van der Waals surface area contributed by atoms with Crippen molar-refractivity contribution in [2.75, 3.05) is 36.5 Å². The molecule has 35 heavy (non-hydrogen) atoms. The summed E-state index contributed by atoms with van der Waals surface area (Å²) in [4.78, 5) is 26.7. The lowest BCUT2D eigenvalue weighted by Crippen LogP contribution is -2.36. The summed E-state index contributed by atoms with van der Waals surface area (Å²) in [6.07, 6.45) is -1.56. The number of aromatic nitrogens is 3. The molecule has 1 fully saturated rings. The van der Waals surface area contributed by atoms with Crippen LogP contribution < -0.4 is 10.2 Å². The first-order valence-corrected chi connectivity index (χ1v) is 11.1. The summed E-state index contributed by atoms with van der Waals surface area (Å²) in [5.41, 5.74) is 1.04. The third-order valence-electron chi connectivity index (χ3n) is 5.65. The van der Waals surface area contributed by atoms with Gasteiger partial charge in [0.2, 0.25) is 0 Å². The number of alkyl halides is 3. The number of hydrogen-bond donors (Lipinski definition) is 2. The molecule has 2 N–H and O–H groups in total. The molecular weight excluding hydrogens is 483 g/mol. The van der Waals surface area contributed by atoms with Crippen LogP contribution in [0.25, 0.3) is 22.4 Å². The highest BCUT2D eigenvalue weighted by molar-refractivity contribution is 6.30. The Balaban J connectivity index is 1.64. The first-order valence-electron chi connectivity index (χ1n) is 10.7. The van der Waals surface area contributed by atoms with Gasteiger partial charge in [-0.05, 0) is 42.5 Å². The number of benzene rings is 2. The predicted molar refractivity (Wildman–Crippen MR) is 127 cm³/mol. The molecule has 2 aromatic carbocycles. The molecular formula is C24H19ClF3N5O2. The Hall–Kier alpha value is -3.63. The summed E-state index contributed by atoms with van der Waals surface area (Å²) < 4.78 is 46.6. The van der Waals surface area contributed by atoms with E-state index in [1.165, 1.54) is 18.3 Å². The summed E-state index contributed by atoms with van der Waals surface area (Å²) >= 11 is 5.84. The lowest BCUT2D eigenvalue weighted by molar-refractivity contribution is -0.137. The molecule has 0 spiro atoms. The maximum absolute atomic E-state index is 13.7. The van der Waals surface area contributed by atoms with Crippen LogP contribution in [0.2, 0.25) is 5.02 Å². The van der Waals surface area contributed by atoms with Crippen molar-refractivity contribution in [2.45, 2.75) is 6.18 Å². The Kier molecular flexibility index (Phi) is 6.08. The van der Waals surface area contributed by atoms with E-state index < -0.39 is 17.6 Å². The van der Waals surface area contributed by atoms with Crippen molar-refractivity contribution in [3.8, 4) is 11.4 Å². The van der Waals surface area contributed by atoms with E-state index in [1.54, 1.807) is 30.5 Å². The number of aromatic amines is 1. The van der Waals surface area contributed by atoms with Gasteiger partial charge < -0.3 is 19.9 Å². The Morgan fingerprint density at radius 2 is 1.94 bits per heavy atom. The zero-order chi connectivity index (χ0) is 24.6. The van der Waals surface area contributed by atoms with Gasteiger partial charge in [-0.25, -0.2) is 4.98 Å². The molecule has 0 saturated carbocycles. The highest BCUT2D eigenvalue weighted by Gasteiger charge is 2.35. The standard InChI is InChI=1S/C24H19ClF3N5O2/c25-14-3-4-17(19(10-14)24(26,27)28)22-31-20-12-16(33-6-8-35-9-7-33)11-18(21(20)32-22)23(34)30-15-2-1-5-29-13-15/h1-5,10-13H,6-9H2,(H,30,34)(H,31,32). The fraction of sp³-hybridized carbons (Fsp3) is 0.208. The minimum Gasteiger partial charge on any atom is -0.378 e. The number of nitrogens with one attached hydrogen (secondary N) is 2. The maximum Gasteiger partial charge on any atom is 0.417 e. The van der Waals surface area contributed by atoms with Crippen LogP contribution in [0.1, 0.15) is 15.9 Å². The topological polar surface area (TPSA) is 83.1 Å². The number of carbonyl (C=O) groups is 1. The molecule has 0 aliphatic carbocycles. The van der Waals surface area contributed by atoms with Crippen molar-refractivity contribution in [2.24, 2.45) is 0 Å². The average molecular weight is 502 g/mol. The number of morpholine rings is 1. The molecule has 3 heterocycles. The highest BCUT2D eigenvalue weighted by Crippen LogP contribution is 2.39. The van der Waals surface area contributed by atoms with Gasteiger partial charge in [0.05, 0.1) is 41.7 Å². The fourth-order valence-electron chi connectivity index (χ4n) is 4.00. The second-order valence-corrected chi connectivity index (χ2v) is 8.39. The number of anilines is 2. The Bertz CT molecular complexity index is 1390. The number of nitrogens with zero attached hydrogens (tertiary/aromatic N) is 3. The molecule has 180 valence electrons. The molecule has 11 heteroatoms. The quantitative estimate of drug-likeness (QED) is 0.392. The number of fused-ring (bicyclic) bond motifs is 1. The van der Waals surface area contributed by atoms with Crippen LogP contribution in [0.4, 0.5) is 24.5 Å². The zero-order valence-electron chi connectivity index (χ0n) is 18.2. The van der Waals surface area contributed by atoms with Gasteiger partial charge in [-0.1, -0.05) is 11.6 Å². The van der Waals surface area contributed by atoms with Gasteiger partial charge in [0.1, 0.15) is 11.3 Å². The second-order valence-electron chi connectivity index (χ2n) is 7.96. The van der Waals surface area contributed by atoms with Gasteiger partial charge in [-0.2, -0.15) is 13.2 Å². The molecule has 0 bridgehead atoms. The lowest BCUT2D eigenvalue weighted by Gasteiger charge is -2.29. The van der Waals surface area contributed by atoms with Crippen molar-refractivity contribution in [1.82, 2.24) is 15.0 Å².